The van der Waals surface area contributed by atoms with E-state index in [1.807, 2.05) is 38.1 Å². The Morgan fingerprint density at radius 1 is 1.24 bits per heavy atom. The fraction of sp³-hybridized carbons (Fsp3) is 0.300. The Balaban J connectivity index is 1.78. The van der Waals surface area contributed by atoms with Crippen LogP contribution in [0, 0.1) is 0 Å². The Labute approximate surface area is 174 Å². The summed E-state index contributed by atoms with van der Waals surface area (Å²) < 4.78 is 29.4. The van der Waals surface area contributed by atoms with E-state index in [4.69, 9.17) is 0 Å². The van der Waals surface area contributed by atoms with Gasteiger partial charge in [0.1, 0.15) is 4.21 Å². The van der Waals surface area contributed by atoms with Gasteiger partial charge in [0, 0.05) is 24.5 Å². The van der Waals surface area contributed by atoms with Gasteiger partial charge in [-0.05, 0) is 55.5 Å². The van der Waals surface area contributed by atoms with Crippen molar-refractivity contribution in [1.82, 2.24) is 19.2 Å². The van der Waals surface area contributed by atoms with Gasteiger partial charge in [0.2, 0.25) is 0 Å². The predicted octanol–water partition coefficient (Wildman–Crippen LogP) is 3.32. The molecule has 7 nitrogen and oxygen atoms in total. The fourth-order valence-corrected chi connectivity index (χ4v) is 6.02. The molecule has 1 aliphatic heterocycles. The van der Waals surface area contributed by atoms with Gasteiger partial charge in [0.25, 0.3) is 10.0 Å². The average molecular weight is 431 g/mol. The van der Waals surface area contributed by atoms with E-state index in [9.17, 15) is 13.2 Å². The lowest BCUT2D eigenvalue weighted by Gasteiger charge is -2.27. The molecule has 0 aliphatic carbocycles. The number of pyridine rings is 1. The van der Waals surface area contributed by atoms with Crippen molar-refractivity contribution in [3.8, 4) is 11.4 Å². The first-order valence-electron chi connectivity index (χ1n) is 9.37. The van der Waals surface area contributed by atoms with Crippen LogP contribution in [0.1, 0.15) is 25.1 Å². The summed E-state index contributed by atoms with van der Waals surface area (Å²) in [7, 11) is -3.59. The number of amides is 1. The van der Waals surface area contributed by atoms with Crippen LogP contribution in [-0.4, -0.2) is 40.9 Å². The number of hydrogen-bond donors (Lipinski definition) is 1. The van der Waals surface area contributed by atoms with Crippen LogP contribution >= 0.6 is 11.3 Å². The van der Waals surface area contributed by atoms with Crippen LogP contribution in [-0.2, 0) is 23.0 Å². The van der Waals surface area contributed by atoms with Crippen molar-refractivity contribution in [2.24, 2.45) is 0 Å². The van der Waals surface area contributed by atoms with Crippen molar-refractivity contribution in [1.29, 1.82) is 0 Å². The molecule has 0 saturated carbocycles. The third kappa shape index (κ3) is 3.73. The van der Waals surface area contributed by atoms with Crippen molar-refractivity contribution in [3.63, 3.8) is 0 Å². The third-order valence-electron chi connectivity index (χ3n) is 4.78. The third-order valence-corrected chi connectivity index (χ3v) is 8.00. The van der Waals surface area contributed by atoms with Gasteiger partial charge in [-0.3, -0.25) is 9.55 Å². The highest BCUT2D eigenvalue weighted by molar-refractivity contribution is 7.91. The van der Waals surface area contributed by atoms with Gasteiger partial charge >= 0.3 is 6.03 Å². The minimum Gasteiger partial charge on any atom is -0.335 e. The lowest BCUT2D eigenvalue weighted by atomic mass is 10.1. The number of carbonyl (C=O) groups is 1. The Morgan fingerprint density at radius 3 is 2.72 bits per heavy atom. The quantitative estimate of drug-likeness (QED) is 0.688. The molecule has 0 radical (unpaired) electrons. The molecule has 9 heteroatoms. The first-order chi connectivity index (χ1) is 13.9. The summed E-state index contributed by atoms with van der Waals surface area (Å²) in [5.41, 5.74) is 3.01. The first kappa shape index (κ1) is 19.8. The highest BCUT2D eigenvalue weighted by Gasteiger charge is 2.33. The van der Waals surface area contributed by atoms with Crippen molar-refractivity contribution < 1.29 is 13.2 Å². The minimum atomic E-state index is -3.59. The molecular formula is C20H22N4O3S2. The van der Waals surface area contributed by atoms with Crippen molar-refractivity contribution in [2.75, 3.05) is 6.54 Å². The fourth-order valence-electron chi connectivity index (χ4n) is 3.47. The lowest BCUT2D eigenvalue weighted by molar-refractivity contribution is 0.238. The van der Waals surface area contributed by atoms with E-state index in [-0.39, 0.29) is 18.6 Å². The number of aromatic nitrogens is 2. The second kappa shape index (κ2) is 7.74. The highest BCUT2D eigenvalue weighted by Crippen LogP contribution is 2.32. The van der Waals surface area contributed by atoms with E-state index in [0.29, 0.717) is 34.3 Å². The minimum absolute atomic E-state index is 0.0494. The molecular weight excluding hydrogens is 408 g/mol. The van der Waals surface area contributed by atoms with E-state index in [1.54, 1.807) is 28.3 Å². The summed E-state index contributed by atoms with van der Waals surface area (Å²) in [6.45, 7) is 4.31. The van der Waals surface area contributed by atoms with Gasteiger partial charge in [0.05, 0.1) is 17.9 Å². The molecule has 1 aliphatic rings. The van der Waals surface area contributed by atoms with Gasteiger partial charge in [0.15, 0.2) is 0 Å². The molecule has 0 bridgehead atoms. The molecule has 0 saturated heterocycles. The molecule has 1 amide bonds. The summed E-state index contributed by atoms with van der Waals surface area (Å²) in [5, 5.41) is 4.67. The van der Waals surface area contributed by atoms with E-state index in [0.717, 1.165) is 5.56 Å². The second-order valence-corrected chi connectivity index (χ2v) is 10.3. The zero-order chi connectivity index (χ0) is 20.6. The monoisotopic (exact) mass is 430 g/mol. The maximum atomic E-state index is 13.0. The number of nitrogens with one attached hydrogen (secondary N) is 1. The molecule has 152 valence electrons. The molecule has 3 aromatic heterocycles. The van der Waals surface area contributed by atoms with Crippen LogP contribution in [0.5, 0.6) is 0 Å². The summed E-state index contributed by atoms with van der Waals surface area (Å²) in [5.74, 6) is 0. The SMILES string of the molecule is CC(C)NC(=O)n1c(-c2ccccn2)cc2c1CN(S(=O)(=O)c1cccs1)CC2. The molecule has 4 rings (SSSR count). The Morgan fingerprint density at radius 2 is 2.07 bits per heavy atom. The number of thiophene rings is 1. The van der Waals surface area contributed by atoms with Crippen LogP contribution in [0.25, 0.3) is 11.4 Å². The molecule has 0 fully saturated rings. The van der Waals surface area contributed by atoms with E-state index >= 15 is 0 Å². The Bertz CT molecular complexity index is 1120. The van der Waals surface area contributed by atoms with Gasteiger partial charge in [-0.15, -0.1) is 11.3 Å². The predicted molar refractivity (Wildman–Crippen MR) is 112 cm³/mol. The standard InChI is InChI=1S/C20H22N4O3S2/c1-14(2)22-20(25)24-17(16-6-3-4-9-21-16)12-15-8-10-23(13-18(15)24)29(26,27)19-7-5-11-28-19/h3-7,9,11-12,14H,8,10,13H2,1-2H3,(H,22,25). The number of carbonyl (C=O) groups excluding carboxylic acids is 1. The summed E-state index contributed by atoms with van der Waals surface area (Å²) in [6, 6.07) is 10.5. The number of hydrogen-bond acceptors (Lipinski definition) is 5. The molecule has 0 atom stereocenters. The zero-order valence-electron chi connectivity index (χ0n) is 16.2. The number of sulfonamides is 1. The molecule has 29 heavy (non-hydrogen) atoms. The number of rotatable bonds is 4. The van der Waals surface area contributed by atoms with Crippen LogP contribution in [0.4, 0.5) is 4.79 Å². The van der Waals surface area contributed by atoms with Crippen LogP contribution in [0.15, 0.2) is 52.2 Å². The molecule has 3 aromatic rings. The maximum Gasteiger partial charge on any atom is 0.326 e. The first-order valence-corrected chi connectivity index (χ1v) is 11.7. The molecule has 1 N–H and O–H groups in total. The van der Waals surface area contributed by atoms with Crippen LogP contribution < -0.4 is 5.32 Å². The van der Waals surface area contributed by atoms with Crippen LogP contribution in [0.2, 0.25) is 0 Å². The number of fused-ring (bicyclic) bond motifs is 1. The normalized spacial score (nSPS) is 14.7. The summed E-state index contributed by atoms with van der Waals surface area (Å²) >= 11 is 1.20. The topological polar surface area (TPSA) is 84.3 Å². The molecule has 0 unspecified atom stereocenters. The Kier molecular flexibility index (Phi) is 5.28. The van der Waals surface area contributed by atoms with Crippen molar-refractivity contribution >= 4 is 27.4 Å². The molecule has 0 spiro atoms. The van der Waals surface area contributed by atoms with Gasteiger partial charge in [-0.2, -0.15) is 4.31 Å². The van der Waals surface area contributed by atoms with Gasteiger partial charge < -0.3 is 5.32 Å². The van der Waals surface area contributed by atoms with Gasteiger partial charge in [-0.25, -0.2) is 13.2 Å². The average Bonchev–Trinajstić information content (AvgIpc) is 3.36. The van der Waals surface area contributed by atoms with Crippen LogP contribution in [0.3, 0.4) is 0 Å². The van der Waals surface area contributed by atoms with Crippen molar-refractivity contribution in [3.05, 3.63) is 59.2 Å². The van der Waals surface area contributed by atoms with E-state index < -0.39 is 10.0 Å². The zero-order valence-corrected chi connectivity index (χ0v) is 17.8. The number of nitrogens with zero attached hydrogens (tertiary/aromatic N) is 3. The van der Waals surface area contributed by atoms with E-state index in [1.165, 1.54) is 15.6 Å². The largest absolute Gasteiger partial charge is 0.335 e. The van der Waals surface area contributed by atoms with Crippen molar-refractivity contribution in [2.45, 2.75) is 37.1 Å². The molecule has 4 heterocycles. The highest BCUT2D eigenvalue weighted by atomic mass is 32.2. The lowest BCUT2D eigenvalue weighted by Crippen LogP contribution is -2.39. The summed E-state index contributed by atoms with van der Waals surface area (Å²) in [4.78, 5) is 17.4. The van der Waals surface area contributed by atoms with E-state index in [2.05, 4.69) is 10.3 Å². The second-order valence-electron chi connectivity index (χ2n) is 7.18. The smallest absolute Gasteiger partial charge is 0.326 e. The molecule has 0 aromatic carbocycles. The van der Waals surface area contributed by atoms with Gasteiger partial charge in [-0.1, -0.05) is 12.1 Å². The Hall–Kier alpha value is -2.49. The maximum absolute atomic E-state index is 13.0. The summed E-state index contributed by atoms with van der Waals surface area (Å²) in [6.07, 6.45) is 2.22.